The first-order valence-corrected chi connectivity index (χ1v) is 7.84. The number of nitrogens with one attached hydrogen (secondary N) is 1. The number of hydrogen-bond donors (Lipinski definition) is 1. The molecule has 0 atom stereocenters. The van der Waals surface area contributed by atoms with Gasteiger partial charge in [0, 0.05) is 12.2 Å². The normalized spacial score (nSPS) is 11.3. The molecule has 0 heterocycles. The Balaban J connectivity index is 3.08. The second kappa shape index (κ2) is 10.2. The monoisotopic (exact) mass is 333 g/mol. The second-order valence-electron chi connectivity index (χ2n) is 4.95. The predicted octanol–water partition coefficient (Wildman–Crippen LogP) is 2.14. The Morgan fingerprint density at radius 3 is 2.17 bits per heavy atom. The lowest BCUT2D eigenvalue weighted by Gasteiger charge is -2.15. The molecule has 6 nitrogen and oxygen atoms in total. The zero-order valence-corrected chi connectivity index (χ0v) is 14.3. The van der Waals surface area contributed by atoms with Gasteiger partial charge in [0.25, 0.3) is 0 Å². The number of benzene rings is 1. The van der Waals surface area contributed by atoms with E-state index >= 15 is 0 Å². The summed E-state index contributed by atoms with van der Waals surface area (Å²) in [6.45, 7) is 5.34. The number of hydrogen-bond acceptors (Lipinski definition) is 6. The maximum Gasteiger partial charge on any atom is 0.343 e. The van der Waals surface area contributed by atoms with Crippen LogP contribution >= 0.6 is 0 Å². The minimum atomic E-state index is -0.745. The molecule has 24 heavy (non-hydrogen) atoms. The number of Topliss-reactive ketones (excluding diaryl/α,β-unsaturated/α-hetero) is 1. The third-order valence-corrected chi connectivity index (χ3v) is 3.11. The van der Waals surface area contributed by atoms with E-state index in [1.54, 1.807) is 13.8 Å². The van der Waals surface area contributed by atoms with Crippen LogP contribution in [0.1, 0.15) is 32.8 Å². The molecule has 0 saturated carbocycles. The maximum absolute atomic E-state index is 12.1. The third kappa shape index (κ3) is 6.24. The maximum atomic E-state index is 12.1. The lowest BCUT2D eigenvalue weighted by atomic mass is 10.1. The van der Waals surface area contributed by atoms with Crippen molar-refractivity contribution in [1.82, 2.24) is 5.32 Å². The van der Waals surface area contributed by atoms with Crippen molar-refractivity contribution in [2.45, 2.75) is 33.7 Å². The molecule has 0 aliphatic carbocycles. The Labute approximate surface area is 141 Å². The van der Waals surface area contributed by atoms with Crippen LogP contribution in [0.4, 0.5) is 0 Å². The molecule has 1 aromatic carbocycles. The van der Waals surface area contributed by atoms with Gasteiger partial charge < -0.3 is 14.8 Å². The molecule has 0 amide bonds. The Morgan fingerprint density at radius 2 is 1.62 bits per heavy atom. The van der Waals surface area contributed by atoms with E-state index in [9.17, 15) is 14.4 Å². The van der Waals surface area contributed by atoms with Crippen LogP contribution in [-0.2, 0) is 30.4 Å². The topological polar surface area (TPSA) is 81.7 Å². The lowest BCUT2D eigenvalue weighted by Crippen LogP contribution is -2.25. The lowest BCUT2D eigenvalue weighted by molar-refractivity contribution is -0.142. The number of ether oxygens (including phenoxy) is 2. The molecule has 1 aromatic rings. The molecule has 6 heteroatoms. The van der Waals surface area contributed by atoms with Crippen LogP contribution in [0.5, 0.6) is 0 Å². The van der Waals surface area contributed by atoms with Crippen LogP contribution in [0.25, 0.3) is 0 Å². The van der Waals surface area contributed by atoms with Crippen molar-refractivity contribution in [2.75, 3.05) is 13.2 Å². The molecular weight excluding hydrogens is 310 g/mol. The fourth-order valence-electron chi connectivity index (χ4n) is 2.08. The van der Waals surface area contributed by atoms with Gasteiger partial charge in [-0.05, 0) is 26.3 Å². The van der Waals surface area contributed by atoms with E-state index in [1.165, 1.54) is 6.92 Å². The predicted molar refractivity (Wildman–Crippen MR) is 88.9 cm³/mol. The van der Waals surface area contributed by atoms with E-state index in [-0.39, 0.29) is 30.9 Å². The Hall–Kier alpha value is -2.63. The largest absolute Gasteiger partial charge is 0.466 e. The Kier molecular flexibility index (Phi) is 8.25. The molecule has 1 N–H and O–H groups in total. The highest BCUT2D eigenvalue weighted by molar-refractivity contribution is 6.17. The Bertz CT molecular complexity index is 607. The van der Waals surface area contributed by atoms with Gasteiger partial charge in [0.1, 0.15) is 5.57 Å². The minimum absolute atomic E-state index is 0.140. The average molecular weight is 333 g/mol. The number of rotatable bonds is 9. The van der Waals surface area contributed by atoms with Gasteiger partial charge in [-0.3, -0.25) is 9.59 Å². The van der Waals surface area contributed by atoms with Gasteiger partial charge in [0.15, 0.2) is 5.78 Å². The van der Waals surface area contributed by atoms with Gasteiger partial charge in [-0.25, -0.2) is 4.79 Å². The summed E-state index contributed by atoms with van der Waals surface area (Å²) in [5.74, 6) is -1.73. The highest BCUT2D eigenvalue weighted by atomic mass is 16.5. The summed E-state index contributed by atoms with van der Waals surface area (Å²) in [7, 11) is 0. The molecule has 0 radical (unpaired) electrons. The van der Waals surface area contributed by atoms with Gasteiger partial charge in [-0.2, -0.15) is 0 Å². The molecule has 0 aliphatic rings. The molecule has 0 aliphatic heterocycles. The third-order valence-electron chi connectivity index (χ3n) is 3.11. The van der Waals surface area contributed by atoms with Gasteiger partial charge in [0.05, 0.1) is 19.6 Å². The van der Waals surface area contributed by atoms with Gasteiger partial charge >= 0.3 is 11.9 Å². The molecular formula is C18H23NO5. The first-order valence-electron chi connectivity index (χ1n) is 7.84. The van der Waals surface area contributed by atoms with Crippen LogP contribution in [0.3, 0.4) is 0 Å². The van der Waals surface area contributed by atoms with Crippen LogP contribution in [0.15, 0.2) is 41.6 Å². The zero-order chi connectivity index (χ0) is 17.9. The van der Waals surface area contributed by atoms with Crippen molar-refractivity contribution in [3.63, 3.8) is 0 Å². The number of carbonyl (C=O) groups is 3. The number of esters is 2. The summed E-state index contributed by atoms with van der Waals surface area (Å²) >= 11 is 0. The Morgan fingerprint density at radius 1 is 1.00 bits per heavy atom. The van der Waals surface area contributed by atoms with Gasteiger partial charge in [-0.1, -0.05) is 30.3 Å². The van der Waals surface area contributed by atoms with Crippen molar-refractivity contribution in [3.8, 4) is 0 Å². The van der Waals surface area contributed by atoms with E-state index in [4.69, 9.17) is 9.47 Å². The van der Waals surface area contributed by atoms with Crippen LogP contribution in [0.2, 0.25) is 0 Å². The van der Waals surface area contributed by atoms with E-state index in [0.29, 0.717) is 6.54 Å². The van der Waals surface area contributed by atoms with Crippen molar-refractivity contribution in [2.24, 2.45) is 0 Å². The van der Waals surface area contributed by atoms with Crippen molar-refractivity contribution in [3.05, 3.63) is 47.2 Å². The van der Waals surface area contributed by atoms with E-state index < -0.39 is 17.7 Å². The highest BCUT2D eigenvalue weighted by Crippen LogP contribution is 2.13. The summed E-state index contributed by atoms with van der Waals surface area (Å²) in [5.41, 5.74) is 1.01. The zero-order valence-electron chi connectivity index (χ0n) is 14.3. The first kappa shape index (κ1) is 19.4. The SMILES string of the molecule is CCOC(=O)C/C(NCc1ccccc1)=C(\C(C)=O)C(=O)OCC. The average Bonchev–Trinajstić information content (AvgIpc) is 2.53. The smallest absolute Gasteiger partial charge is 0.343 e. The molecule has 1 rings (SSSR count). The van der Waals surface area contributed by atoms with Crippen molar-refractivity contribution >= 4 is 17.7 Å². The summed E-state index contributed by atoms with van der Waals surface area (Å²) in [6, 6.07) is 9.43. The minimum Gasteiger partial charge on any atom is -0.466 e. The number of carbonyl (C=O) groups excluding carboxylic acids is 3. The van der Waals surface area contributed by atoms with Crippen molar-refractivity contribution < 1.29 is 23.9 Å². The fraction of sp³-hybridized carbons (Fsp3) is 0.389. The van der Waals surface area contributed by atoms with E-state index in [0.717, 1.165) is 5.56 Å². The fourth-order valence-corrected chi connectivity index (χ4v) is 2.08. The molecule has 0 fully saturated rings. The summed E-state index contributed by atoms with van der Waals surface area (Å²) in [5, 5.41) is 3.00. The molecule has 0 unspecified atom stereocenters. The molecule has 0 aromatic heterocycles. The van der Waals surface area contributed by atoms with Crippen LogP contribution < -0.4 is 5.32 Å². The first-order chi connectivity index (χ1) is 11.5. The second-order valence-corrected chi connectivity index (χ2v) is 4.95. The van der Waals surface area contributed by atoms with Gasteiger partial charge in [-0.15, -0.1) is 0 Å². The summed E-state index contributed by atoms with van der Waals surface area (Å²) in [6.07, 6.45) is -0.200. The molecule has 0 saturated heterocycles. The molecule has 0 spiro atoms. The summed E-state index contributed by atoms with van der Waals surface area (Å²) in [4.78, 5) is 35.8. The van der Waals surface area contributed by atoms with Gasteiger partial charge in [0.2, 0.25) is 0 Å². The molecule has 0 bridgehead atoms. The highest BCUT2D eigenvalue weighted by Gasteiger charge is 2.23. The van der Waals surface area contributed by atoms with Crippen LogP contribution in [0, 0.1) is 0 Å². The molecule has 130 valence electrons. The quantitative estimate of drug-likeness (QED) is 0.323. The number of ketones is 1. The van der Waals surface area contributed by atoms with E-state index in [1.807, 2.05) is 30.3 Å². The summed E-state index contributed by atoms with van der Waals surface area (Å²) < 4.78 is 9.85. The van der Waals surface area contributed by atoms with E-state index in [2.05, 4.69) is 5.32 Å². The standard InChI is InChI=1S/C18H23NO5/c1-4-23-16(21)11-15(17(13(3)20)18(22)24-5-2)19-12-14-9-7-6-8-10-14/h6-10,19H,4-5,11-12H2,1-3H3/b17-15-. The van der Waals surface area contributed by atoms with Crippen LogP contribution in [-0.4, -0.2) is 30.9 Å². The van der Waals surface area contributed by atoms with Crippen molar-refractivity contribution in [1.29, 1.82) is 0 Å².